The van der Waals surface area contributed by atoms with Crippen molar-refractivity contribution >= 4 is 0 Å². The van der Waals surface area contributed by atoms with Gasteiger partial charge in [0.05, 0.1) is 0 Å². The first kappa shape index (κ1) is 26.6. The molecule has 1 atom stereocenters. The third-order valence-corrected chi connectivity index (χ3v) is 7.60. The molecule has 2 N–H and O–H groups in total. The van der Waals surface area contributed by atoms with Crippen molar-refractivity contribution in [3.8, 4) is 0 Å². The van der Waals surface area contributed by atoms with E-state index >= 15 is 0 Å². The van der Waals surface area contributed by atoms with Gasteiger partial charge in [0.1, 0.15) is 11.3 Å². The van der Waals surface area contributed by atoms with Crippen molar-refractivity contribution in [2.75, 3.05) is 13.1 Å². The number of piperidine rings is 1. The number of hydrogen-bond donors (Lipinski definition) is 2. The van der Waals surface area contributed by atoms with Crippen molar-refractivity contribution in [3.63, 3.8) is 0 Å². The summed E-state index contributed by atoms with van der Waals surface area (Å²) in [5, 5.41) is 24.2. The first-order valence-corrected chi connectivity index (χ1v) is 13.6. The van der Waals surface area contributed by atoms with E-state index in [0.29, 0.717) is 19.3 Å². The second-order valence-electron chi connectivity index (χ2n) is 11.7. The van der Waals surface area contributed by atoms with E-state index in [1.54, 1.807) is 0 Å². The summed E-state index contributed by atoms with van der Waals surface area (Å²) in [5.74, 6) is 0. The van der Waals surface area contributed by atoms with Gasteiger partial charge in [-0.05, 0) is 66.2 Å². The lowest BCUT2D eigenvalue weighted by Gasteiger charge is -2.43. The fourth-order valence-electron chi connectivity index (χ4n) is 5.72. The Morgan fingerprint density at radius 2 is 1.17 bits per heavy atom. The van der Waals surface area contributed by atoms with Crippen molar-refractivity contribution in [3.05, 3.63) is 107 Å². The van der Waals surface area contributed by atoms with Crippen molar-refractivity contribution in [1.82, 2.24) is 4.90 Å². The van der Waals surface area contributed by atoms with Gasteiger partial charge in [0.2, 0.25) is 0 Å². The van der Waals surface area contributed by atoms with Crippen LogP contribution in [0.2, 0.25) is 0 Å². The molecular weight excluding hydrogens is 442 g/mol. The Bertz CT molecular complexity index is 1030. The molecule has 3 aromatic carbocycles. The third kappa shape index (κ3) is 6.26. The summed E-state index contributed by atoms with van der Waals surface area (Å²) >= 11 is 0. The summed E-state index contributed by atoms with van der Waals surface area (Å²) in [6, 6.07) is 28.5. The van der Waals surface area contributed by atoms with Gasteiger partial charge in [0.25, 0.3) is 0 Å². The summed E-state index contributed by atoms with van der Waals surface area (Å²) in [7, 11) is 0. The van der Waals surface area contributed by atoms with Crippen molar-refractivity contribution in [2.24, 2.45) is 5.41 Å². The lowest BCUT2D eigenvalue weighted by atomic mass is 9.80. The maximum atomic E-state index is 12.2. The molecule has 0 spiro atoms. The van der Waals surface area contributed by atoms with Crippen LogP contribution >= 0.6 is 0 Å². The molecule has 3 heteroatoms. The van der Waals surface area contributed by atoms with Crippen LogP contribution < -0.4 is 0 Å². The van der Waals surface area contributed by atoms with E-state index in [0.717, 1.165) is 49.0 Å². The first-order valence-electron chi connectivity index (χ1n) is 13.6. The SMILES string of the molecule is CC(C)(C)Cc1ccc(C(O)(CCCC(O)(c2ccccc2)c2ccccc2)N2CCCCC2)cc1. The molecule has 1 fully saturated rings. The highest BCUT2D eigenvalue weighted by Crippen LogP contribution is 2.39. The van der Waals surface area contributed by atoms with E-state index in [-0.39, 0.29) is 5.41 Å². The third-order valence-electron chi connectivity index (χ3n) is 7.60. The van der Waals surface area contributed by atoms with Gasteiger partial charge in [-0.3, -0.25) is 4.90 Å². The summed E-state index contributed by atoms with van der Waals surface area (Å²) in [5.41, 5.74) is 2.15. The standard InChI is InChI=1S/C33H43NO2/c1-31(2,3)26-27-18-20-30(21-19-27)33(36,34-24-11-6-12-25-34)23-13-22-32(35,28-14-7-4-8-15-28)29-16-9-5-10-17-29/h4-5,7-10,14-21,35-36H,6,11-13,22-26H2,1-3H3. The van der Waals surface area contributed by atoms with Gasteiger partial charge in [0, 0.05) is 13.1 Å². The zero-order chi connectivity index (χ0) is 25.7. The molecule has 1 aliphatic rings. The van der Waals surface area contributed by atoms with E-state index in [9.17, 15) is 10.2 Å². The maximum absolute atomic E-state index is 12.2. The van der Waals surface area contributed by atoms with Crippen LogP contribution in [-0.2, 0) is 17.7 Å². The summed E-state index contributed by atoms with van der Waals surface area (Å²) in [6.45, 7) is 8.58. The molecule has 3 nitrogen and oxygen atoms in total. The fraction of sp³-hybridized carbons (Fsp3) is 0.455. The van der Waals surface area contributed by atoms with Gasteiger partial charge < -0.3 is 10.2 Å². The smallest absolute Gasteiger partial charge is 0.144 e. The number of aliphatic hydroxyl groups is 2. The van der Waals surface area contributed by atoms with Crippen molar-refractivity contribution in [2.45, 2.75) is 77.0 Å². The van der Waals surface area contributed by atoms with Crippen molar-refractivity contribution < 1.29 is 10.2 Å². The van der Waals surface area contributed by atoms with Crippen LogP contribution in [0.3, 0.4) is 0 Å². The number of likely N-dealkylation sites (tertiary alicyclic amines) is 1. The van der Waals surface area contributed by atoms with Gasteiger partial charge in [0.15, 0.2) is 0 Å². The first-order chi connectivity index (χ1) is 17.2. The average Bonchev–Trinajstić information content (AvgIpc) is 2.89. The molecule has 0 amide bonds. The Morgan fingerprint density at radius 1 is 0.639 bits per heavy atom. The highest BCUT2D eigenvalue weighted by Gasteiger charge is 2.38. The Balaban J connectivity index is 1.58. The van der Waals surface area contributed by atoms with Crippen LogP contribution in [0, 0.1) is 5.41 Å². The van der Waals surface area contributed by atoms with Gasteiger partial charge in [-0.25, -0.2) is 0 Å². The van der Waals surface area contributed by atoms with Crippen LogP contribution in [0.25, 0.3) is 0 Å². The molecule has 192 valence electrons. The lowest BCUT2D eigenvalue weighted by Crippen LogP contribution is -2.49. The minimum atomic E-state index is -1.10. The topological polar surface area (TPSA) is 43.7 Å². The molecular formula is C33H43NO2. The number of benzene rings is 3. The lowest BCUT2D eigenvalue weighted by molar-refractivity contribution is -0.132. The van der Waals surface area contributed by atoms with Crippen LogP contribution in [0.15, 0.2) is 84.9 Å². The molecule has 4 rings (SSSR count). The molecule has 0 saturated carbocycles. The molecule has 36 heavy (non-hydrogen) atoms. The largest absolute Gasteiger partial charge is 0.380 e. The van der Waals surface area contributed by atoms with Gasteiger partial charge >= 0.3 is 0 Å². The number of rotatable bonds is 9. The van der Waals surface area contributed by atoms with Gasteiger partial charge in [-0.15, -0.1) is 0 Å². The summed E-state index contributed by atoms with van der Waals surface area (Å²) in [4.78, 5) is 2.26. The van der Waals surface area contributed by atoms with E-state index in [4.69, 9.17) is 0 Å². The highest BCUT2D eigenvalue weighted by atomic mass is 16.3. The number of nitrogens with zero attached hydrogens (tertiary/aromatic N) is 1. The molecule has 1 aliphatic heterocycles. The summed E-state index contributed by atoms with van der Waals surface area (Å²) in [6.07, 6.45) is 6.27. The molecule has 1 unspecified atom stereocenters. The van der Waals surface area contributed by atoms with Crippen LogP contribution in [0.4, 0.5) is 0 Å². The molecule has 0 aliphatic carbocycles. The highest BCUT2D eigenvalue weighted by molar-refractivity contribution is 5.36. The zero-order valence-corrected chi connectivity index (χ0v) is 22.3. The van der Waals surface area contributed by atoms with E-state index in [1.165, 1.54) is 12.0 Å². The number of hydrogen-bond acceptors (Lipinski definition) is 3. The monoisotopic (exact) mass is 485 g/mol. The molecule has 0 aromatic heterocycles. The van der Waals surface area contributed by atoms with Gasteiger partial charge in [-0.2, -0.15) is 0 Å². The Labute approximate surface area is 217 Å². The molecule has 3 aromatic rings. The van der Waals surface area contributed by atoms with Crippen LogP contribution in [-0.4, -0.2) is 28.2 Å². The quantitative estimate of drug-likeness (QED) is 0.342. The van der Waals surface area contributed by atoms with Crippen LogP contribution in [0.1, 0.15) is 81.5 Å². The van der Waals surface area contributed by atoms with E-state index in [2.05, 4.69) is 49.9 Å². The maximum Gasteiger partial charge on any atom is 0.144 e. The van der Waals surface area contributed by atoms with Crippen LogP contribution in [0.5, 0.6) is 0 Å². The van der Waals surface area contributed by atoms with Gasteiger partial charge in [-0.1, -0.05) is 112 Å². The Hall–Kier alpha value is -2.46. The molecule has 1 saturated heterocycles. The Kier molecular flexibility index (Phi) is 8.34. The normalized spacial score (nSPS) is 17.0. The molecule has 0 radical (unpaired) electrons. The molecule has 0 bridgehead atoms. The second kappa shape index (κ2) is 11.3. The van der Waals surface area contributed by atoms with E-state index in [1.807, 2.05) is 60.7 Å². The zero-order valence-electron chi connectivity index (χ0n) is 22.3. The van der Waals surface area contributed by atoms with Crippen molar-refractivity contribution in [1.29, 1.82) is 0 Å². The molecule has 1 heterocycles. The minimum Gasteiger partial charge on any atom is -0.380 e. The minimum absolute atomic E-state index is 0.226. The predicted molar refractivity (Wildman–Crippen MR) is 149 cm³/mol. The second-order valence-corrected chi connectivity index (χ2v) is 11.7. The fourth-order valence-corrected chi connectivity index (χ4v) is 5.72. The Morgan fingerprint density at radius 3 is 1.67 bits per heavy atom. The average molecular weight is 486 g/mol. The summed E-state index contributed by atoms with van der Waals surface area (Å²) < 4.78 is 0. The van der Waals surface area contributed by atoms with E-state index < -0.39 is 11.3 Å². The predicted octanol–water partition coefficient (Wildman–Crippen LogP) is 7.01.